The molecule has 2 atom stereocenters. The van der Waals surface area contributed by atoms with E-state index in [1.54, 1.807) is 0 Å². The van der Waals surface area contributed by atoms with Gasteiger partial charge in [-0.1, -0.05) is 35.2 Å². The van der Waals surface area contributed by atoms with Gasteiger partial charge in [-0.05, 0) is 43.5 Å². The van der Waals surface area contributed by atoms with Crippen molar-refractivity contribution in [2.75, 3.05) is 0 Å². The van der Waals surface area contributed by atoms with Gasteiger partial charge in [-0.3, -0.25) is 0 Å². The van der Waals surface area contributed by atoms with Crippen LogP contribution in [-0.4, -0.2) is 10.9 Å². The van der Waals surface area contributed by atoms with Gasteiger partial charge in [-0.15, -0.1) is 0 Å². The molecule has 2 saturated carbocycles. The maximum absolute atomic E-state index is 12.5. The van der Waals surface area contributed by atoms with Crippen LogP contribution in [0.5, 0.6) is 5.75 Å². The molecule has 5 heteroatoms. The summed E-state index contributed by atoms with van der Waals surface area (Å²) in [5.74, 6) is 0.539. The molecule has 0 N–H and O–H groups in total. The lowest BCUT2D eigenvalue weighted by atomic mass is 9.58. The van der Waals surface area contributed by atoms with Gasteiger partial charge in [0.2, 0.25) is 0 Å². The lowest BCUT2D eigenvalue weighted by Gasteiger charge is -2.55. The van der Waals surface area contributed by atoms with Gasteiger partial charge >= 0.3 is 6.18 Å². The predicted octanol–water partition coefficient (Wildman–Crippen LogP) is 5.57. The molecule has 0 aliphatic heterocycles. The number of ether oxygens (including phenoxy) is 1. The van der Waals surface area contributed by atoms with E-state index in [0.29, 0.717) is 10.6 Å². The highest BCUT2D eigenvalue weighted by molar-refractivity contribution is 9.09. The summed E-state index contributed by atoms with van der Waals surface area (Å²) in [5.41, 5.74) is -0.449. The molecule has 2 unspecified atom stereocenters. The quantitative estimate of drug-likeness (QED) is 0.624. The molecule has 1 aromatic rings. The van der Waals surface area contributed by atoms with E-state index in [4.69, 9.17) is 4.74 Å². The van der Waals surface area contributed by atoms with Gasteiger partial charge in [0, 0.05) is 10.2 Å². The minimum atomic E-state index is -4.29. The first-order chi connectivity index (χ1) is 9.92. The zero-order chi connectivity index (χ0) is 15.1. The Morgan fingerprint density at radius 2 is 1.67 bits per heavy atom. The van der Waals surface area contributed by atoms with Crippen LogP contribution in [0, 0.1) is 5.41 Å². The molecule has 0 aromatic heterocycles. The second kappa shape index (κ2) is 5.49. The van der Waals surface area contributed by atoms with E-state index in [1.807, 2.05) is 0 Å². The van der Waals surface area contributed by atoms with Crippen LogP contribution in [0.4, 0.5) is 13.2 Å². The first kappa shape index (κ1) is 15.2. The maximum Gasteiger partial charge on any atom is 0.416 e. The molecule has 1 nitrogen and oxygen atoms in total. The van der Waals surface area contributed by atoms with Gasteiger partial charge in [-0.25, -0.2) is 0 Å². The molecule has 2 aliphatic carbocycles. The van der Waals surface area contributed by atoms with Crippen molar-refractivity contribution < 1.29 is 17.9 Å². The highest BCUT2D eigenvalue weighted by Crippen LogP contribution is 2.56. The molecule has 1 aromatic carbocycles. The average molecular weight is 363 g/mol. The zero-order valence-corrected chi connectivity index (χ0v) is 13.2. The van der Waals surface area contributed by atoms with Crippen molar-refractivity contribution in [2.45, 2.75) is 55.6 Å². The van der Waals surface area contributed by atoms with E-state index in [0.717, 1.165) is 31.4 Å². The summed E-state index contributed by atoms with van der Waals surface area (Å²) in [6.45, 7) is 0. The number of hydrogen-bond acceptors (Lipinski definition) is 1. The number of rotatable bonds is 2. The fourth-order valence-corrected chi connectivity index (χ4v) is 4.69. The standard InChI is InChI=1S/C16H18BrF3O/c17-13-10-14(15(13)8-2-1-3-9-15)21-12-6-4-11(5-7-12)16(18,19)20/h4-7,13-14H,1-3,8-10H2. The minimum Gasteiger partial charge on any atom is -0.490 e. The van der Waals surface area contributed by atoms with Crippen molar-refractivity contribution in [3.05, 3.63) is 29.8 Å². The molecule has 0 saturated heterocycles. The van der Waals surface area contributed by atoms with Crippen LogP contribution in [0.1, 0.15) is 44.1 Å². The second-order valence-electron chi connectivity index (χ2n) is 6.13. The van der Waals surface area contributed by atoms with Gasteiger partial charge in [0.05, 0.1) is 5.56 Å². The van der Waals surface area contributed by atoms with Gasteiger partial charge in [-0.2, -0.15) is 13.2 Å². The molecular weight excluding hydrogens is 345 g/mol. The summed E-state index contributed by atoms with van der Waals surface area (Å²) in [7, 11) is 0. The summed E-state index contributed by atoms with van der Waals surface area (Å²) in [6.07, 6.45) is 2.77. The molecule has 0 amide bonds. The normalized spacial score (nSPS) is 28.2. The summed E-state index contributed by atoms with van der Waals surface area (Å²) >= 11 is 3.74. The SMILES string of the molecule is FC(F)(F)c1ccc(OC2CC(Br)C23CCCCC3)cc1. The molecular formula is C16H18BrF3O. The van der Waals surface area contributed by atoms with Crippen molar-refractivity contribution >= 4 is 15.9 Å². The van der Waals surface area contributed by atoms with Crippen LogP contribution in [0.15, 0.2) is 24.3 Å². The van der Waals surface area contributed by atoms with E-state index in [-0.39, 0.29) is 11.5 Å². The minimum absolute atomic E-state index is 0.124. The summed E-state index contributed by atoms with van der Waals surface area (Å²) in [5, 5.41) is 0. The van der Waals surface area contributed by atoms with Crippen LogP contribution in [0.25, 0.3) is 0 Å². The first-order valence-electron chi connectivity index (χ1n) is 7.40. The summed E-state index contributed by atoms with van der Waals surface area (Å²) < 4.78 is 43.6. The Bertz CT molecular complexity index is 491. The van der Waals surface area contributed by atoms with Gasteiger partial charge in [0.15, 0.2) is 0 Å². The van der Waals surface area contributed by atoms with Crippen molar-refractivity contribution in [2.24, 2.45) is 5.41 Å². The number of alkyl halides is 4. The maximum atomic E-state index is 12.5. The Balaban J connectivity index is 1.69. The predicted molar refractivity (Wildman–Crippen MR) is 78.7 cm³/mol. The monoisotopic (exact) mass is 362 g/mol. The summed E-state index contributed by atoms with van der Waals surface area (Å²) in [6, 6.07) is 5.04. The van der Waals surface area contributed by atoms with E-state index in [1.165, 1.54) is 31.4 Å². The molecule has 3 rings (SSSR count). The van der Waals surface area contributed by atoms with Crippen LogP contribution >= 0.6 is 15.9 Å². The lowest BCUT2D eigenvalue weighted by molar-refractivity contribution is -0.137. The third-order valence-corrected chi connectivity index (χ3v) is 6.22. The highest BCUT2D eigenvalue weighted by atomic mass is 79.9. The molecule has 0 radical (unpaired) electrons. The van der Waals surface area contributed by atoms with Crippen LogP contribution in [-0.2, 0) is 6.18 Å². The molecule has 2 fully saturated rings. The van der Waals surface area contributed by atoms with E-state index >= 15 is 0 Å². The van der Waals surface area contributed by atoms with Gasteiger partial charge in [0.1, 0.15) is 11.9 Å². The Hall–Kier alpha value is -0.710. The van der Waals surface area contributed by atoms with Crippen LogP contribution in [0.2, 0.25) is 0 Å². The highest BCUT2D eigenvalue weighted by Gasteiger charge is 2.55. The van der Waals surface area contributed by atoms with Crippen LogP contribution < -0.4 is 4.74 Å². The average Bonchev–Trinajstić information content (AvgIpc) is 2.47. The number of hydrogen-bond donors (Lipinski definition) is 0. The molecule has 0 bridgehead atoms. The van der Waals surface area contributed by atoms with Crippen molar-refractivity contribution in [1.29, 1.82) is 0 Å². The molecule has 21 heavy (non-hydrogen) atoms. The van der Waals surface area contributed by atoms with Crippen molar-refractivity contribution in [3.63, 3.8) is 0 Å². The third-order valence-electron chi connectivity index (χ3n) is 4.93. The molecule has 1 spiro atoms. The Labute approximate surface area is 131 Å². The summed E-state index contributed by atoms with van der Waals surface area (Å²) in [4.78, 5) is 0.477. The van der Waals surface area contributed by atoms with Crippen molar-refractivity contribution in [1.82, 2.24) is 0 Å². The smallest absolute Gasteiger partial charge is 0.416 e. The second-order valence-corrected chi connectivity index (χ2v) is 7.23. The van der Waals surface area contributed by atoms with E-state index in [2.05, 4.69) is 15.9 Å². The van der Waals surface area contributed by atoms with E-state index in [9.17, 15) is 13.2 Å². The lowest BCUT2D eigenvalue weighted by Crippen LogP contribution is -2.57. The molecule has 116 valence electrons. The Kier molecular flexibility index (Phi) is 3.97. The Morgan fingerprint density at radius 1 is 1.05 bits per heavy atom. The van der Waals surface area contributed by atoms with E-state index < -0.39 is 11.7 Å². The molecule has 2 aliphatic rings. The number of benzene rings is 1. The van der Waals surface area contributed by atoms with Gasteiger partial charge < -0.3 is 4.74 Å². The first-order valence-corrected chi connectivity index (χ1v) is 8.31. The fourth-order valence-electron chi connectivity index (χ4n) is 3.60. The van der Waals surface area contributed by atoms with Gasteiger partial charge in [0.25, 0.3) is 0 Å². The van der Waals surface area contributed by atoms with Crippen molar-refractivity contribution in [3.8, 4) is 5.75 Å². The third kappa shape index (κ3) is 2.81. The Morgan fingerprint density at radius 3 is 2.19 bits per heavy atom. The number of halogens is 4. The fraction of sp³-hybridized carbons (Fsp3) is 0.625. The van der Waals surface area contributed by atoms with Crippen LogP contribution in [0.3, 0.4) is 0 Å². The zero-order valence-electron chi connectivity index (χ0n) is 11.6. The topological polar surface area (TPSA) is 9.23 Å². The molecule has 0 heterocycles. The largest absolute Gasteiger partial charge is 0.490 e.